The molecule has 0 aliphatic carbocycles. The van der Waals surface area contributed by atoms with Gasteiger partial charge in [0.05, 0.1) is 19.0 Å². The zero-order valence-electron chi connectivity index (χ0n) is 18.6. The van der Waals surface area contributed by atoms with Gasteiger partial charge in [0.1, 0.15) is 5.75 Å². The van der Waals surface area contributed by atoms with E-state index < -0.39 is 0 Å². The lowest BCUT2D eigenvalue weighted by atomic mass is 9.90. The van der Waals surface area contributed by atoms with Crippen LogP contribution in [0.5, 0.6) is 5.75 Å². The van der Waals surface area contributed by atoms with Crippen molar-refractivity contribution in [3.8, 4) is 17.0 Å². The number of H-pyrrole nitrogens is 1. The molecule has 4 rings (SSSR count). The van der Waals surface area contributed by atoms with Crippen molar-refractivity contribution in [3.05, 3.63) is 53.6 Å². The van der Waals surface area contributed by atoms with E-state index in [-0.39, 0.29) is 5.82 Å². The Morgan fingerprint density at radius 3 is 2.72 bits per heavy atom. The molecular formula is C24H29N7O. The van der Waals surface area contributed by atoms with Crippen LogP contribution >= 0.6 is 0 Å². The number of aromatic amines is 1. The van der Waals surface area contributed by atoms with Crippen LogP contribution in [0.1, 0.15) is 31.7 Å². The highest BCUT2D eigenvalue weighted by Crippen LogP contribution is 2.32. The predicted octanol–water partition coefficient (Wildman–Crippen LogP) is 4.83. The largest absolute Gasteiger partial charge is 0.496 e. The molecule has 3 heterocycles. The van der Waals surface area contributed by atoms with Gasteiger partial charge in [-0.05, 0) is 68.9 Å². The van der Waals surface area contributed by atoms with Gasteiger partial charge in [-0.2, -0.15) is 5.10 Å². The molecule has 2 N–H and O–H groups in total. The molecule has 0 spiro atoms. The Kier molecular flexibility index (Phi) is 6.97. The monoisotopic (exact) mass is 431 g/mol. The molecule has 8 nitrogen and oxygen atoms in total. The zero-order chi connectivity index (χ0) is 22.3. The standard InChI is InChI=1S/C24H29N7O/c1-4-31-11-9-17(10-12-31)5-6-18-7-8-19(21(13-18)32-3)20-14-22(30-29-20)28-24-16-26-23(25-2)15-27-24/h7-8,13-17H,4-6,9-12H2,1,3H3,(H2,27,28,29,30). The van der Waals surface area contributed by atoms with E-state index in [1.54, 1.807) is 7.11 Å². The van der Waals surface area contributed by atoms with E-state index in [4.69, 9.17) is 11.3 Å². The number of ether oxygens (including phenoxy) is 1. The third-order valence-electron chi connectivity index (χ3n) is 6.14. The van der Waals surface area contributed by atoms with E-state index >= 15 is 0 Å². The summed E-state index contributed by atoms with van der Waals surface area (Å²) in [4.78, 5) is 14.0. The number of likely N-dealkylation sites (tertiary alicyclic amines) is 1. The third-order valence-corrected chi connectivity index (χ3v) is 6.14. The molecule has 8 heteroatoms. The Balaban J connectivity index is 1.40. The summed E-state index contributed by atoms with van der Waals surface area (Å²) in [5.74, 6) is 3.06. The molecule has 3 aromatic rings. The van der Waals surface area contributed by atoms with Gasteiger partial charge in [0, 0.05) is 11.6 Å². The lowest BCUT2D eigenvalue weighted by Gasteiger charge is -2.31. The molecule has 0 bridgehead atoms. The minimum atomic E-state index is 0.259. The van der Waals surface area contributed by atoms with Crippen molar-refractivity contribution in [1.29, 1.82) is 0 Å². The van der Waals surface area contributed by atoms with Crippen molar-refractivity contribution in [1.82, 2.24) is 25.1 Å². The fourth-order valence-electron chi connectivity index (χ4n) is 4.17. The Labute approximate surface area is 188 Å². The first-order valence-electron chi connectivity index (χ1n) is 11.1. The van der Waals surface area contributed by atoms with Gasteiger partial charge < -0.3 is 19.8 Å². The molecule has 166 valence electrons. The molecule has 1 fully saturated rings. The summed E-state index contributed by atoms with van der Waals surface area (Å²) in [6, 6.07) is 8.32. The quantitative estimate of drug-likeness (QED) is 0.497. The number of nitrogens with zero attached hydrogens (tertiary/aromatic N) is 5. The normalized spacial score (nSPS) is 14.8. The fraction of sp³-hybridized carbons (Fsp3) is 0.417. The summed E-state index contributed by atoms with van der Waals surface area (Å²) in [6.07, 6.45) is 7.85. The van der Waals surface area contributed by atoms with Crippen molar-refractivity contribution in [3.63, 3.8) is 0 Å². The van der Waals surface area contributed by atoms with Crippen molar-refractivity contribution in [2.45, 2.75) is 32.6 Å². The number of aryl methyl sites for hydroxylation is 1. The number of hydrogen-bond acceptors (Lipinski definition) is 6. The molecule has 1 aromatic carbocycles. The van der Waals surface area contributed by atoms with Crippen LogP contribution in [0.25, 0.3) is 16.1 Å². The first-order chi connectivity index (χ1) is 15.7. The number of aromatic nitrogens is 4. The minimum absolute atomic E-state index is 0.259. The molecule has 32 heavy (non-hydrogen) atoms. The maximum Gasteiger partial charge on any atom is 0.288 e. The van der Waals surface area contributed by atoms with Gasteiger partial charge >= 0.3 is 0 Å². The maximum atomic E-state index is 6.95. The fourth-order valence-corrected chi connectivity index (χ4v) is 4.17. The highest BCUT2D eigenvalue weighted by atomic mass is 16.5. The number of benzene rings is 1. The van der Waals surface area contributed by atoms with E-state index in [1.807, 2.05) is 6.07 Å². The van der Waals surface area contributed by atoms with Gasteiger partial charge in [-0.3, -0.25) is 5.10 Å². The average Bonchev–Trinajstić information content (AvgIpc) is 3.31. The number of anilines is 2. The van der Waals surface area contributed by atoms with Gasteiger partial charge in [-0.1, -0.05) is 19.6 Å². The molecule has 1 saturated heterocycles. The number of methoxy groups -OCH3 is 1. The van der Waals surface area contributed by atoms with Gasteiger partial charge in [-0.25, -0.2) is 4.98 Å². The smallest absolute Gasteiger partial charge is 0.288 e. The van der Waals surface area contributed by atoms with E-state index in [0.29, 0.717) is 11.6 Å². The van der Waals surface area contributed by atoms with E-state index in [2.05, 4.69) is 60.3 Å². The topological polar surface area (TPSA) is 83.3 Å². The molecular weight excluding hydrogens is 402 g/mol. The number of rotatable bonds is 8. The maximum absolute atomic E-state index is 6.95. The first kappa shape index (κ1) is 21.8. The predicted molar refractivity (Wildman–Crippen MR) is 125 cm³/mol. The second-order valence-electron chi connectivity index (χ2n) is 8.11. The second-order valence-corrected chi connectivity index (χ2v) is 8.11. The summed E-state index contributed by atoms with van der Waals surface area (Å²) in [6.45, 7) is 12.8. The van der Waals surface area contributed by atoms with Crippen LogP contribution in [-0.2, 0) is 6.42 Å². The number of piperidine rings is 1. The third kappa shape index (κ3) is 5.24. The van der Waals surface area contributed by atoms with E-state index in [0.717, 1.165) is 35.9 Å². The Hall–Kier alpha value is -3.44. The van der Waals surface area contributed by atoms with Crippen LogP contribution < -0.4 is 10.1 Å². The van der Waals surface area contributed by atoms with Crippen molar-refractivity contribution in [2.75, 3.05) is 32.1 Å². The molecule has 0 amide bonds. The van der Waals surface area contributed by atoms with E-state index in [1.165, 1.54) is 50.3 Å². The van der Waals surface area contributed by atoms with Crippen LogP contribution in [0, 0.1) is 12.5 Å². The van der Waals surface area contributed by atoms with Crippen LogP contribution in [0.2, 0.25) is 0 Å². The summed E-state index contributed by atoms with van der Waals surface area (Å²) < 4.78 is 5.69. The van der Waals surface area contributed by atoms with Crippen LogP contribution in [0.4, 0.5) is 17.5 Å². The molecule has 1 aliphatic rings. The van der Waals surface area contributed by atoms with E-state index in [9.17, 15) is 0 Å². The molecule has 2 aromatic heterocycles. The molecule has 0 saturated carbocycles. The lowest BCUT2D eigenvalue weighted by molar-refractivity contribution is 0.187. The van der Waals surface area contributed by atoms with Gasteiger partial charge in [0.2, 0.25) is 0 Å². The summed E-state index contributed by atoms with van der Waals surface area (Å²) >= 11 is 0. The molecule has 1 aliphatic heterocycles. The molecule has 0 atom stereocenters. The number of hydrogen-bond donors (Lipinski definition) is 2. The van der Waals surface area contributed by atoms with Crippen LogP contribution in [0.15, 0.2) is 36.7 Å². The van der Waals surface area contributed by atoms with Gasteiger partial charge in [0.25, 0.3) is 5.82 Å². The highest BCUT2D eigenvalue weighted by Gasteiger charge is 2.18. The van der Waals surface area contributed by atoms with Crippen molar-refractivity contribution >= 4 is 17.5 Å². The van der Waals surface area contributed by atoms with Crippen molar-refractivity contribution in [2.24, 2.45) is 5.92 Å². The second kappa shape index (κ2) is 10.2. The first-order valence-corrected chi connectivity index (χ1v) is 11.1. The average molecular weight is 432 g/mol. The zero-order valence-corrected chi connectivity index (χ0v) is 18.6. The summed E-state index contributed by atoms with van der Waals surface area (Å²) in [7, 11) is 1.70. The van der Waals surface area contributed by atoms with Crippen molar-refractivity contribution < 1.29 is 4.74 Å². The Morgan fingerprint density at radius 1 is 1.19 bits per heavy atom. The lowest BCUT2D eigenvalue weighted by Crippen LogP contribution is -2.33. The van der Waals surface area contributed by atoms with Crippen LogP contribution in [0.3, 0.4) is 0 Å². The minimum Gasteiger partial charge on any atom is -0.496 e. The Bertz CT molecular complexity index is 1060. The summed E-state index contributed by atoms with van der Waals surface area (Å²) in [5.41, 5.74) is 3.12. The highest BCUT2D eigenvalue weighted by molar-refractivity contribution is 5.71. The van der Waals surface area contributed by atoms with Gasteiger partial charge in [0.15, 0.2) is 17.8 Å². The molecule has 0 radical (unpaired) electrons. The van der Waals surface area contributed by atoms with Gasteiger partial charge in [-0.15, -0.1) is 4.98 Å². The number of nitrogens with one attached hydrogen (secondary N) is 2. The SMILES string of the molecule is [C-]#[N+]c1cnc(Nc2cc(-c3ccc(CCC4CCN(CC)CC4)cc3OC)[nH]n2)cn1. The molecule has 0 unspecified atom stereocenters. The van der Waals surface area contributed by atoms with Crippen LogP contribution in [-0.4, -0.2) is 51.8 Å². The summed E-state index contributed by atoms with van der Waals surface area (Å²) in [5, 5.41) is 10.5. The Morgan fingerprint density at radius 2 is 2.03 bits per heavy atom.